The maximum Gasteiger partial charge on any atom is 0.325 e. The van der Waals surface area contributed by atoms with Crippen molar-refractivity contribution in [3.05, 3.63) is 74.0 Å². The summed E-state index contributed by atoms with van der Waals surface area (Å²) >= 11 is 7.38. The van der Waals surface area contributed by atoms with E-state index < -0.39 is 0 Å². The number of rotatable bonds is 6. The van der Waals surface area contributed by atoms with Crippen LogP contribution in [0.3, 0.4) is 0 Å². The molecule has 0 spiro atoms. The summed E-state index contributed by atoms with van der Waals surface area (Å²) < 4.78 is 1.92. The third-order valence-electron chi connectivity index (χ3n) is 4.54. The number of hydrogen-bond acceptors (Lipinski definition) is 9. The van der Waals surface area contributed by atoms with Crippen LogP contribution in [0.5, 0.6) is 0 Å². The maximum absolute atomic E-state index is 12.3. The van der Waals surface area contributed by atoms with Gasteiger partial charge in [-0.1, -0.05) is 34.9 Å². The highest BCUT2D eigenvalue weighted by Gasteiger charge is 2.10. The summed E-state index contributed by atoms with van der Waals surface area (Å²) in [6, 6.07) is 14.7. The standard InChI is InChI=1S/C22H22ClN9OS/c1-30(2)21-25-20(26-22(27-21)31(3)4)24-15-9-11-16(12-10-15)28-32-29-19(33)18(34-32)13-14-7-5-6-8-17(14)23/h5-13H,1-4H3,(H,29,33)/p+1/b18-13-. The second-order valence-corrected chi connectivity index (χ2v) is 9.03. The molecule has 0 saturated carbocycles. The van der Waals surface area contributed by atoms with Crippen molar-refractivity contribution >= 4 is 58.4 Å². The fourth-order valence-electron chi connectivity index (χ4n) is 2.83. The van der Waals surface area contributed by atoms with Crippen LogP contribution in [0, 0.1) is 0 Å². The molecule has 0 aliphatic heterocycles. The molecule has 12 heteroatoms. The van der Waals surface area contributed by atoms with Crippen LogP contribution in [-0.4, -0.2) is 48.2 Å². The van der Waals surface area contributed by atoms with Gasteiger partial charge in [-0.3, -0.25) is 4.79 Å². The minimum atomic E-state index is -0.241. The first-order chi connectivity index (χ1) is 16.3. The molecule has 0 bridgehead atoms. The van der Waals surface area contributed by atoms with E-state index in [1.165, 1.54) is 15.4 Å². The number of halogens is 1. The van der Waals surface area contributed by atoms with Crippen molar-refractivity contribution in [3.8, 4) is 0 Å². The summed E-state index contributed by atoms with van der Waals surface area (Å²) in [5.41, 5.74) is 1.98. The van der Waals surface area contributed by atoms with Gasteiger partial charge in [0, 0.05) is 44.0 Å². The molecule has 2 N–H and O–H groups in total. The highest BCUT2D eigenvalue weighted by Crippen LogP contribution is 2.20. The number of hydrogen-bond donors (Lipinski definition) is 2. The van der Waals surface area contributed by atoms with Crippen molar-refractivity contribution in [1.29, 1.82) is 0 Å². The first-order valence-electron chi connectivity index (χ1n) is 10.2. The van der Waals surface area contributed by atoms with E-state index in [2.05, 4.69) is 30.5 Å². The van der Waals surface area contributed by atoms with Gasteiger partial charge >= 0.3 is 5.56 Å². The topological polar surface area (TPSA) is 108 Å². The van der Waals surface area contributed by atoms with Gasteiger partial charge in [0.05, 0.1) is 0 Å². The van der Waals surface area contributed by atoms with Crippen LogP contribution in [0.15, 0.2) is 58.4 Å². The lowest BCUT2D eigenvalue weighted by atomic mass is 10.2. The molecule has 2 heterocycles. The van der Waals surface area contributed by atoms with Gasteiger partial charge in [-0.25, -0.2) is 0 Å². The van der Waals surface area contributed by atoms with E-state index in [9.17, 15) is 4.79 Å². The molecule has 34 heavy (non-hydrogen) atoms. The van der Waals surface area contributed by atoms with E-state index >= 15 is 0 Å². The lowest BCUT2D eigenvalue weighted by Gasteiger charge is -2.16. The normalized spacial score (nSPS) is 12.1. The highest BCUT2D eigenvalue weighted by atomic mass is 35.5. The largest absolute Gasteiger partial charge is 0.347 e. The molecule has 0 saturated heterocycles. The van der Waals surface area contributed by atoms with Crippen molar-refractivity contribution in [3.63, 3.8) is 0 Å². The molecule has 0 aliphatic rings. The van der Waals surface area contributed by atoms with Crippen molar-refractivity contribution in [2.75, 3.05) is 43.3 Å². The number of anilines is 4. The first kappa shape index (κ1) is 23.3. The van der Waals surface area contributed by atoms with Crippen molar-refractivity contribution in [1.82, 2.24) is 20.1 Å². The Morgan fingerprint density at radius 1 is 1.00 bits per heavy atom. The van der Waals surface area contributed by atoms with Crippen molar-refractivity contribution < 1.29 is 3.87 Å². The van der Waals surface area contributed by atoms with Crippen LogP contribution in [0.4, 0.5) is 29.2 Å². The number of nitrogens with zero attached hydrogens (tertiary/aromatic N) is 7. The average Bonchev–Trinajstić information content (AvgIpc) is 3.14. The molecule has 0 fully saturated rings. The second-order valence-electron chi connectivity index (χ2n) is 7.65. The van der Waals surface area contributed by atoms with Crippen LogP contribution in [0.1, 0.15) is 5.56 Å². The summed E-state index contributed by atoms with van der Waals surface area (Å²) in [6.07, 6.45) is 1.74. The van der Waals surface area contributed by atoms with Gasteiger partial charge in [0.25, 0.3) is 0 Å². The predicted molar refractivity (Wildman–Crippen MR) is 135 cm³/mol. The molecular formula is C22H23ClN9OS+. The van der Waals surface area contributed by atoms with Gasteiger partial charge < -0.3 is 15.1 Å². The lowest BCUT2D eigenvalue weighted by Crippen LogP contribution is -2.22. The highest BCUT2D eigenvalue weighted by molar-refractivity contribution is 6.99. The van der Waals surface area contributed by atoms with E-state index in [0.29, 0.717) is 33.1 Å². The Morgan fingerprint density at radius 2 is 1.65 bits per heavy atom. The molecule has 4 aromatic rings. The van der Waals surface area contributed by atoms with E-state index in [1.807, 2.05) is 80.5 Å². The number of benzene rings is 2. The average molecular weight is 497 g/mol. The van der Waals surface area contributed by atoms with Crippen molar-refractivity contribution in [2.24, 2.45) is 5.11 Å². The first-order valence-corrected chi connectivity index (χ1v) is 11.4. The minimum absolute atomic E-state index is 0.241. The number of aromatic nitrogens is 5. The Balaban J connectivity index is 1.58. The summed E-state index contributed by atoms with van der Waals surface area (Å²) in [5, 5.41) is 10.9. The molecular weight excluding hydrogens is 474 g/mol. The summed E-state index contributed by atoms with van der Waals surface area (Å²) in [4.78, 5) is 29.2. The van der Waals surface area contributed by atoms with Crippen LogP contribution >= 0.6 is 23.1 Å². The smallest absolute Gasteiger partial charge is 0.325 e. The monoisotopic (exact) mass is 496 g/mol. The summed E-state index contributed by atoms with van der Waals surface area (Å²) in [5.74, 6) is 1.54. The Bertz CT molecular complexity index is 1450. The Labute approximate surface area is 204 Å². The van der Waals surface area contributed by atoms with Crippen molar-refractivity contribution in [2.45, 2.75) is 0 Å². The molecule has 0 aliphatic carbocycles. The molecule has 2 aromatic heterocycles. The predicted octanol–water partition coefficient (Wildman–Crippen LogP) is 2.63. The van der Waals surface area contributed by atoms with E-state index in [0.717, 1.165) is 11.3 Å². The quantitative estimate of drug-likeness (QED) is 0.395. The van der Waals surface area contributed by atoms with Gasteiger partial charge in [0.1, 0.15) is 9.56 Å². The maximum atomic E-state index is 12.3. The van der Waals surface area contributed by atoms with Gasteiger partial charge in [-0.15, -0.1) is 0 Å². The molecule has 2 aromatic carbocycles. The van der Waals surface area contributed by atoms with Crippen LogP contribution in [0.2, 0.25) is 5.02 Å². The van der Waals surface area contributed by atoms with Crippen LogP contribution < -0.4 is 29.1 Å². The molecule has 0 radical (unpaired) electrons. The second kappa shape index (κ2) is 9.98. The summed E-state index contributed by atoms with van der Waals surface area (Å²) in [6.45, 7) is 0. The van der Waals surface area contributed by atoms with Gasteiger partial charge in [0.15, 0.2) is 4.53 Å². The zero-order valence-electron chi connectivity index (χ0n) is 19.0. The fourth-order valence-corrected chi connectivity index (χ4v) is 3.77. The SMILES string of the molecule is CN(C)c1nc(Nc2ccc(N=[n+]3[nH]c(=O)/c(=C/c4ccccc4Cl)s3)cc2)nc(N(C)C)n1. The molecule has 4 rings (SSSR count). The van der Waals surface area contributed by atoms with E-state index in [-0.39, 0.29) is 5.56 Å². The molecule has 0 unspecified atom stereocenters. The van der Waals surface area contributed by atoms with Crippen LogP contribution in [0.25, 0.3) is 6.08 Å². The summed E-state index contributed by atoms with van der Waals surface area (Å²) in [7, 11) is 7.50. The van der Waals surface area contributed by atoms with E-state index in [4.69, 9.17) is 11.6 Å². The van der Waals surface area contributed by atoms with E-state index in [1.54, 1.807) is 12.1 Å². The third-order valence-corrected chi connectivity index (χ3v) is 5.73. The van der Waals surface area contributed by atoms with Crippen LogP contribution in [-0.2, 0) is 0 Å². The van der Waals surface area contributed by atoms with Gasteiger partial charge in [-0.2, -0.15) is 15.0 Å². The molecule has 0 atom stereocenters. The minimum Gasteiger partial charge on any atom is -0.347 e. The fraction of sp³-hybridized carbons (Fsp3) is 0.182. The number of H-pyrrole nitrogens is 1. The zero-order chi connectivity index (χ0) is 24.2. The number of aromatic amines is 1. The van der Waals surface area contributed by atoms with Gasteiger partial charge in [0.2, 0.25) is 29.4 Å². The number of nitrogens with one attached hydrogen (secondary N) is 2. The molecule has 174 valence electrons. The Kier molecular flexibility index (Phi) is 6.85. The zero-order valence-corrected chi connectivity index (χ0v) is 20.6. The molecule has 0 amide bonds. The Hall–Kier alpha value is -3.83. The van der Waals surface area contributed by atoms with Gasteiger partial charge in [-0.05, 0) is 42.0 Å². The third kappa shape index (κ3) is 5.56. The Morgan fingerprint density at radius 3 is 2.26 bits per heavy atom. The lowest BCUT2D eigenvalue weighted by molar-refractivity contribution is -0.537. The molecule has 10 nitrogen and oxygen atoms in total.